The number of benzene rings is 2. The number of rotatable bonds is 4. The van der Waals surface area contributed by atoms with Crippen molar-refractivity contribution < 1.29 is 27.1 Å². The van der Waals surface area contributed by atoms with Gasteiger partial charge >= 0.3 is 6.18 Å². The van der Waals surface area contributed by atoms with Crippen molar-refractivity contribution in [3.8, 4) is 11.5 Å². The van der Waals surface area contributed by atoms with Crippen LogP contribution in [-0.4, -0.2) is 16.1 Å². The molecule has 2 aromatic carbocycles. The first kappa shape index (κ1) is 21.8. The Bertz CT molecular complexity index is 1120. The molecule has 0 atom stereocenters. The number of hydrogen-bond donors (Lipinski definition) is 1. The summed E-state index contributed by atoms with van der Waals surface area (Å²) in [6.45, 7) is 1.50. The molecule has 3 rings (SSSR count). The lowest BCUT2D eigenvalue weighted by Crippen LogP contribution is -2.15. The molecule has 0 aliphatic rings. The van der Waals surface area contributed by atoms with E-state index in [4.69, 9.17) is 27.9 Å². The van der Waals surface area contributed by atoms with E-state index in [0.29, 0.717) is 11.6 Å². The van der Waals surface area contributed by atoms with E-state index < -0.39 is 34.2 Å². The number of anilines is 1. The molecular weight excluding hydrogens is 449 g/mol. The van der Waals surface area contributed by atoms with Gasteiger partial charge in [-0.1, -0.05) is 23.2 Å². The maximum Gasteiger partial charge on any atom is 0.417 e. The summed E-state index contributed by atoms with van der Waals surface area (Å²) in [6.07, 6.45) is -3.59. The molecule has 0 saturated carbocycles. The molecule has 3 aromatic rings. The smallest absolute Gasteiger partial charge is 0.417 e. The van der Waals surface area contributed by atoms with Gasteiger partial charge in [0.25, 0.3) is 5.91 Å². The third-order valence-corrected chi connectivity index (χ3v) is 4.36. The Hall–Kier alpha value is -2.91. The number of aromatic nitrogens is 2. The molecule has 0 saturated heterocycles. The maximum absolute atomic E-state index is 13.3. The molecule has 11 heteroatoms. The van der Waals surface area contributed by atoms with Crippen LogP contribution in [0.3, 0.4) is 0 Å². The Morgan fingerprint density at radius 2 is 1.83 bits per heavy atom. The van der Waals surface area contributed by atoms with E-state index in [2.05, 4.69) is 15.5 Å². The summed E-state index contributed by atoms with van der Waals surface area (Å²) in [5, 5.41) is 8.82. The zero-order valence-corrected chi connectivity index (χ0v) is 16.5. The zero-order valence-electron chi connectivity index (χ0n) is 15.0. The number of nitrogens with zero attached hydrogens (tertiary/aromatic N) is 2. The molecule has 0 radical (unpaired) electrons. The summed E-state index contributed by atoms with van der Waals surface area (Å²) in [5.41, 5.74) is -1.01. The van der Waals surface area contributed by atoms with Gasteiger partial charge in [-0.25, -0.2) is 4.39 Å². The molecule has 1 N–H and O–H groups in total. The lowest BCUT2D eigenvalue weighted by Gasteiger charge is -2.17. The molecule has 0 bridgehead atoms. The summed E-state index contributed by atoms with van der Waals surface area (Å²) in [6, 6.07) is 6.19. The van der Waals surface area contributed by atoms with Gasteiger partial charge in [0.1, 0.15) is 17.3 Å². The van der Waals surface area contributed by atoms with Crippen LogP contribution < -0.4 is 10.1 Å². The topological polar surface area (TPSA) is 64.1 Å². The van der Waals surface area contributed by atoms with Gasteiger partial charge in [-0.05, 0) is 42.8 Å². The number of hydrogen-bond acceptors (Lipinski definition) is 4. The number of amides is 1. The Morgan fingerprint density at radius 1 is 1.10 bits per heavy atom. The maximum atomic E-state index is 13.3. The number of carbonyl (C=O) groups is 1. The normalized spacial score (nSPS) is 11.3. The van der Waals surface area contributed by atoms with Gasteiger partial charge in [0.2, 0.25) is 0 Å². The molecule has 1 aromatic heterocycles. The van der Waals surface area contributed by atoms with Crippen molar-refractivity contribution in [3.63, 3.8) is 0 Å². The quantitative estimate of drug-likeness (QED) is 0.465. The fourth-order valence-electron chi connectivity index (χ4n) is 2.49. The number of halogens is 6. The van der Waals surface area contributed by atoms with Crippen LogP contribution in [0, 0.1) is 12.7 Å². The van der Waals surface area contributed by atoms with Crippen molar-refractivity contribution in [1.29, 1.82) is 0 Å². The van der Waals surface area contributed by atoms with Gasteiger partial charge in [-0.15, -0.1) is 5.10 Å². The van der Waals surface area contributed by atoms with Crippen molar-refractivity contribution in [1.82, 2.24) is 10.2 Å². The summed E-state index contributed by atoms with van der Waals surface area (Å²) in [5.74, 6) is -1.74. The largest absolute Gasteiger partial charge is 0.456 e. The van der Waals surface area contributed by atoms with Crippen molar-refractivity contribution in [2.45, 2.75) is 13.1 Å². The molecule has 156 valence electrons. The van der Waals surface area contributed by atoms with E-state index in [-0.39, 0.29) is 22.2 Å². The summed E-state index contributed by atoms with van der Waals surface area (Å²) in [7, 11) is 0. The fraction of sp³-hybridized carbons (Fsp3) is 0.105. The monoisotopic (exact) mass is 459 g/mol. The van der Waals surface area contributed by atoms with Crippen LogP contribution in [-0.2, 0) is 6.18 Å². The van der Waals surface area contributed by atoms with E-state index in [0.717, 1.165) is 18.2 Å². The van der Waals surface area contributed by atoms with Crippen LogP contribution in [0.4, 0.5) is 23.2 Å². The predicted molar refractivity (Wildman–Crippen MR) is 103 cm³/mol. The van der Waals surface area contributed by atoms with E-state index in [9.17, 15) is 22.4 Å². The second kappa shape index (κ2) is 8.45. The van der Waals surface area contributed by atoms with Crippen LogP contribution in [0.1, 0.15) is 21.5 Å². The van der Waals surface area contributed by atoms with Gasteiger partial charge in [0.05, 0.1) is 28.0 Å². The van der Waals surface area contributed by atoms with Gasteiger partial charge in [0, 0.05) is 6.07 Å². The van der Waals surface area contributed by atoms with E-state index in [1.165, 1.54) is 25.3 Å². The van der Waals surface area contributed by atoms with Gasteiger partial charge in [-0.3, -0.25) is 4.79 Å². The van der Waals surface area contributed by atoms with Crippen molar-refractivity contribution >= 4 is 34.8 Å². The standard InChI is InChI=1S/C19H11Cl2F4N3O2/c1-9-4-10(22)2-3-15(9)30-16-7-13(19(23,24)25)14(20)6-12(16)18(29)27-11-5-17(21)28-26-8-11/h2-8H,1H3,(H,27,28,29). The Kier molecular flexibility index (Phi) is 6.14. The van der Waals surface area contributed by atoms with Gasteiger partial charge in [-0.2, -0.15) is 18.3 Å². The third-order valence-electron chi connectivity index (χ3n) is 3.86. The average Bonchev–Trinajstić information content (AvgIpc) is 2.64. The molecule has 0 unspecified atom stereocenters. The minimum Gasteiger partial charge on any atom is -0.456 e. The van der Waals surface area contributed by atoms with Gasteiger partial charge in [0.15, 0.2) is 5.15 Å². The molecule has 0 aliphatic carbocycles. The first-order valence-electron chi connectivity index (χ1n) is 8.19. The second-order valence-corrected chi connectivity index (χ2v) is 6.85. The van der Waals surface area contributed by atoms with Crippen molar-refractivity contribution in [2.75, 3.05) is 5.32 Å². The van der Waals surface area contributed by atoms with Gasteiger partial charge < -0.3 is 10.1 Å². The first-order chi connectivity index (χ1) is 14.0. The molecule has 30 heavy (non-hydrogen) atoms. The van der Waals surface area contributed by atoms with E-state index >= 15 is 0 Å². The lowest BCUT2D eigenvalue weighted by atomic mass is 10.1. The second-order valence-electron chi connectivity index (χ2n) is 6.06. The Balaban J connectivity index is 2.06. The SMILES string of the molecule is Cc1cc(F)ccc1Oc1cc(C(F)(F)F)c(Cl)cc1C(=O)Nc1cnnc(Cl)c1. The third kappa shape index (κ3) is 4.98. The van der Waals surface area contributed by atoms with Crippen molar-refractivity contribution in [3.05, 3.63) is 75.3 Å². The molecule has 0 spiro atoms. The highest BCUT2D eigenvalue weighted by Gasteiger charge is 2.35. The lowest BCUT2D eigenvalue weighted by molar-refractivity contribution is -0.137. The summed E-state index contributed by atoms with van der Waals surface area (Å²) >= 11 is 11.5. The highest BCUT2D eigenvalue weighted by molar-refractivity contribution is 6.32. The van der Waals surface area contributed by atoms with Crippen LogP contribution >= 0.6 is 23.2 Å². The van der Waals surface area contributed by atoms with Crippen LogP contribution in [0.2, 0.25) is 10.2 Å². The Labute approximate surface area is 177 Å². The number of aryl methyl sites for hydroxylation is 1. The van der Waals surface area contributed by atoms with E-state index in [1.54, 1.807) is 0 Å². The minimum absolute atomic E-state index is 0.00309. The first-order valence-corrected chi connectivity index (χ1v) is 8.94. The summed E-state index contributed by atoms with van der Waals surface area (Å²) in [4.78, 5) is 12.7. The van der Waals surface area contributed by atoms with Crippen LogP contribution in [0.15, 0.2) is 42.6 Å². The van der Waals surface area contributed by atoms with E-state index in [1.807, 2.05) is 0 Å². The molecule has 0 fully saturated rings. The van der Waals surface area contributed by atoms with Crippen LogP contribution in [0.5, 0.6) is 11.5 Å². The number of alkyl halides is 3. The average molecular weight is 460 g/mol. The molecular formula is C19H11Cl2F4N3O2. The zero-order chi connectivity index (χ0) is 22.1. The highest BCUT2D eigenvalue weighted by atomic mass is 35.5. The van der Waals surface area contributed by atoms with Crippen LogP contribution in [0.25, 0.3) is 0 Å². The summed E-state index contributed by atoms with van der Waals surface area (Å²) < 4.78 is 58.8. The Morgan fingerprint density at radius 3 is 2.47 bits per heavy atom. The predicted octanol–water partition coefficient (Wildman–Crippen LogP) is 6.29. The molecule has 5 nitrogen and oxygen atoms in total. The molecule has 1 heterocycles. The highest BCUT2D eigenvalue weighted by Crippen LogP contribution is 2.40. The molecule has 1 amide bonds. The minimum atomic E-state index is -4.79. The number of nitrogens with one attached hydrogen (secondary N) is 1. The molecule has 0 aliphatic heterocycles. The number of carbonyl (C=O) groups excluding carboxylic acids is 1. The van der Waals surface area contributed by atoms with Crippen molar-refractivity contribution in [2.24, 2.45) is 0 Å². The number of ether oxygens (including phenoxy) is 1. The fourth-order valence-corrected chi connectivity index (χ4v) is 2.92.